The molecule has 3 nitrogen and oxygen atoms in total. The third kappa shape index (κ3) is 7.88. The molecule has 1 N–H and O–H groups in total. The Bertz CT molecular complexity index is 756. The lowest BCUT2D eigenvalue weighted by Crippen LogP contribution is -2.30. The Morgan fingerprint density at radius 1 is 0.742 bits per heavy atom. The van der Waals surface area contributed by atoms with Gasteiger partial charge in [-0.3, -0.25) is 0 Å². The molecule has 0 radical (unpaired) electrons. The van der Waals surface area contributed by atoms with Gasteiger partial charge in [-0.1, -0.05) is 71.7 Å². The molecule has 0 bridgehead atoms. The highest BCUT2D eigenvalue weighted by molar-refractivity contribution is 5.34. The maximum Gasteiger partial charge on any atom is 0.120 e. The topological polar surface area (TPSA) is 38.7 Å². The average Bonchev–Trinajstić information content (AvgIpc) is 2.79. The highest BCUT2D eigenvalue weighted by atomic mass is 16.5. The lowest BCUT2D eigenvalue weighted by molar-refractivity contribution is 0.0578. The highest BCUT2D eigenvalue weighted by Gasteiger charge is 2.24. The van der Waals surface area contributed by atoms with Crippen LogP contribution in [0.2, 0.25) is 0 Å². The van der Waals surface area contributed by atoms with Crippen molar-refractivity contribution in [1.82, 2.24) is 0 Å². The van der Waals surface area contributed by atoms with Gasteiger partial charge in [-0.25, -0.2) is 0 Å². The molecule has 0 aromatic heterocycles. The van der Waals surface area contributed by atoms with Gasteiger partial charge < -0.3 is 14.6 Å². The summed E-state index contributed by atoms with van der Waals surface area (Å²) in [6.07, 6.45) is 5.33. The zero-order chi connectivity index (χ0) is 22.9. The number of hydrogen-bond donors (Lipinski definition) is 1. The molecule has 3 heteroatoms. The van der Waals surface area contributed by atoms with Gasteiger partial charge in [-0.05, 0) is 73.4 Å². The first-order valence-corrected chi connectivity index (χ1v) is 11.9. The van der Waals surface area contributed by atoms with Gasteiger partial charge in [0, 0.05) is 0 Å². The summed E-state index contributed by atoms with van der Waals surface area (Å²) in [5.74, 6) is 1.74. The van der Waals surface area contributed by atoms with Gasteiger partial charge in [0.25, 0.3) is 0 Å². The van der Waals surface area contributed by atoms with E-state index in [9.17, 15) is 5.11 Å². The number of aliphatic hydroxyl groups excluding tert-OH is 1. The van der Waals surface area contributed by atoms with Gasteiger partial charge >= 0.3 is 0 Å². The average molecular weight is 427 g/mol. The van der Waals surface area contributed by atoms with Crippen LogP contribution in [0.25, 0.3) is 0 Å². The molecule has 0 amide bonds. The van der Waals surface area contributed by atoms with Gasteiger partial charge in [-0.2, -0.15) is 0 Å². The van der Waals surface area contributed by atoms with Crippen LogP contribution in [-0.2, 0) is 6.42 Å². The Morgan fingerprint density at radius 3 is 1.68 bits per heavy atom. The number of hydrogen-bond acceptors (Lipinski definition) is 3. The molecule has 2 aromatic carbocycles. The van der Waals surface area contributed by atoms with Crippen LogP contribution in [0.3, 0.4) is 0 Å². The van der Waals surface area contributed by atoms with Crippen LogP contribution < -0.4 is 9.47 Å². The Labute approximate surface area is 189 Å². The van der Waals surface area contributed by atoms with Crippen molar-refractivity contribution in [2.75, 3.05) is 6.61 Å². The lowest BCUT2D eigenvalue weighted by Gasteiger charge is -2.29. The smallest absolute Gasteiger partial charge is 0.120 e. The molecular weight excluding hydrogens is 384 g/mol. The molecule has 0 saturated heterocycles. The van der Waals surface area contributed by atoms with E-state index in [2.05, 4.69) is 77.9 Å². The van der Waals surface area contributed by atoms with Crippen LogP contribution in [0.4, 0.5) is 0 Å². The van der Waals surface area contributed by atoms with Gasteiger partial charge in [-0.15, -0.1) is 0 Å². The highest BCUT2D eigenvalue weighted by Crippen LogP contribution is 2.31. The summed E-state index contributed by atoms with van der Waals surface area (Å²) < 4.78 is 12.0. The largest absolute Gasteiger partial charge is 0.491 e. The van der Waals surface area contributed by atoms with Crippen LogP contribution in [0.1, 0.15) is 84.8 Å². The number of ether oxygens (including phenoxy) is 2. The molecule has 2 rings (SSSR count). The van der Waals surface area contributed by atoms with Gasteiger partial charge in [0.05, 0.1) is 6.10 Å². The van der Waals surface area contributed by atoms with Crippen molar-refractivity contribution in [3.05, 3.63) is 59.7 Å². The maximum absolute atomic E-state index is 10.3. The van der Waals surface area contributed by atoms with Crippen molar-refractivity contribution in [2.45, 2.75) is 91.8 Å². The van der Waals surface area contributed by atoms with Crippen LogP contribution in [-0.4, -0.2) is 23.4 Å². The Kier molecular flexibility index (Phi) is 9.43. The van der Waals surface area contributed by atoms with E-state index in [1.54, 1.807) is 0 Å². The number of rotatable bonds is 13. The molecule has 1 atom stereocenters. The van der Waals surface area contributed by atoms with E-state index in [1.807, 2.05) is 12.1 Å². The Hall–Kier alpha value is -2.00. The molecule has 0 saturated carbocycles. The third-order valence-electron chi connectivity index (χ3n) is 6.99. The van der Waals surface area contributed by atoms with Crippen molar-refractivity contribution in [2.24, 2.45) is 5.41 Å². The predicted octanol–water partition coefficient (Wildman–Crippen LogP) is 7.19. The zero-order valence-electron chi connectivity index (χ0n) is 20.4. The summed E-state index contributed by atoms with van der Waals surface area (Å²) in [5.41, 5.74) is 2.57. The van der Waals surface area contributed by atoms with E-state index in [4.69, 9.17) is 9.47 Å². The number of aliphatic hydroxyl groups is 1. The minimum Gasteiger partial charge on any atom is -0.491 e. The fourth-order valence-corrected chi connectivity index (χ4v) is 3.65. The van der Waals surface area contributed by atoms with Crippen molar-refractivity contribution in [3.63, 3.8) is 0 Å². The molecule has 0 aliphatic rings. The minimum atomic E-state index is -0.437. The molecule has 0 spiro atoms. The minimum absolute atomic E-state index is 0.101. The summed E-state index contributed by atoms with van der Waals surface area (Å²) in [7, 11) is 0. The van der Waals surface area contributed by atoms with Crippen molar-refractivity contribution >= 4 is 0 Å². The van der Waals surface area contributed by atoms with E-state index >= 15 is 0 Å². The summed E-state index contributed by atoms with van der Waals surface area (Å²) in [5, 5.41) is 10.3. The Morgan fingerprint density at radius 2 is 1.23 bits per heavy atom. The normalized spacial score (nSPS) is 13.1. The van der Waals surface area contributed by atoms with E-state index < -0.39 is 6.10 Å². The first-order chi connectivity index (χ1) is 14.7. The summed E-state index contributed by atoms with van der Waals surface area (Å²) in [6, 6.07) is 16.6. The third-order valence-corrected chi connectivity index (χ3v) is 6.99. The molecule has 31 heavy (non-hydrogen) atoms. The summed E-state index contributed by atoms with van der Waals surface area (Å²) >= 11 is 0. The zero-order valence-corrected chi connectivity index (χ0v) is 20.4. The quantitative estimate of drug-likeness (QED) is 0.368. The lowest BCUT2D eigenvalue weighted by atomic mass is 9.80. The monoisotopic (exact) mass is 426 g/mol. The van der Waals surface area contributed by atoms with E-state index in [1.165, 1.54) is 11.1 Å². The summed E-state index contributed by atoms with van der Waals surface area (Å²) in [6.45, 7) is 13.4. The van der Waals surface area contributed by atoms with E-state index in [0.717, 1.165) is 50.0 Å². The van der Waals surface area contributed by atoms with Crippen molar-refractivity contribution in [1.29, 1.82) is 0 Å². The van der Waals surface area contributed by atoms with Gasteiger partial charge in [0.15, 0.2) is 0 Å². The Balaban J connectivity index is 1.87. The van der Waals surface area contributed by atoms with Gasteiger partial charge in [0.1, 0.15) is 23.7 Å². The van der Waals surface area contributed by atoms with Crippen LogP contribution in [0.5, 0.6) is 11.5 Å². The van der Waals surface area contributed by atoms with E-state index in [-0.39, 0.29) is 11.0 Å². The van der Waals surface area contributed by atoms with E-state index in [0.29, 0.717) is 6.61 Å². The standard InChI is InChI=1S/C28H42O3/c1-7-27(5,8-2)20-24(29)21-30-25-15-11-22(12-16-25)19-23-13-17-26(18-14-23)31-28(6,9-3)10-4/h11-18,24,29H,7-10,19-21H2,1-6H3. The first kappa shape index (κ1) is 25.3. The molecule has 1 unspecified atom stereocenters. The second-order valence-corrected chi connectivity index (χ2v) is 9.41. The summed E-state index contributed by atoms with van der Waals surface area (Å²) in [4.78, 5) is 0. The second kappa shape index (κ2) is 11.6. The molecule has 2 aromatic rings. The van der Waals surface area contributed by atoms with Crippen molar-refractivity contribution < 1.29 is 14.6 Å². The molecule has 0 heterocycles. The van der Waals surface area contributed by atoms with Crippen LogP contribution in [0.15, 0.2) is 48.5 Å². The van der Waals surface area contributed by atoms with Crippen LogP contribution in [0, 0.1) is 5.41 Å². The van der Waals surface area contributed by atoms with Crippen molar-refractivity contribution in [3.8, 4) is 11.5 Å². The number of benzene rings is 2. The van der Waals surface area contributed by atoms with Gasteiger partial charge in [0.2, 0.25) is 0 Å². The second-order valence-electron chi connectivity index (χ2n) is 9.41. The SMILES string of the molecule is CCC(C)(CC)CC(O)COc1ccc(Cc2ccc(OC(C)(CC)CC)cc2)cc1. The predicted molar refractivity (Wildman–Crippen MR) is 130 cm³/mol. The maximum atomic E-state index is 10.3. The molecule has 0 fully saturated rings. The van der Waals surface area contributed by atoms with Crippen LogP contribution >= 0.6 is 0 Å². The molecular formula is C28H42O3. The molecule has 0 aliphatic heterocycles. The first-order valence-electron chi connectivity index (χ1n) is 11.9. The fraction of sp³-hybridized carbons (Fsp3) is 0.571. The fourth-order valence-electron chi connectivity index (χ4n) is 3.65. The molecule has 0 aliphatic carbocycles. The molecule has 172 valence electrons.